The molecule has 2 N–H and O–H groups in total. The van der Waals surface area contributed by atoms with E-state index in [2.05, 4.69) is 13.8 Å². The van der Waals surface area contributed by atoms with Crippen molar-refractivity contribution in [2.24, 2.45) is 0 Å². The Balaban J connectivity index is 3.20. The summed E-state index contributed by atoms with van der Waals surface area (Å²) in [5.74, 6) is 0. The van der Waals surface area contributed by atoms with E-state index in [-0.39, 0.29) is 12.2 Å². The van der Waals surface area contributed by atoms with Crippen molar-refractivity contribution >= 4 is 0 Å². The second-order valence-corrected chi connectivity index (χ2v) is 10.2. The molecule has 0 aliphatic heterocycles. The van der Waals surface area contributed by atoms with Crippen LogP contribution in [0.15, 0.2) is 0 Å². The van der Waals surface area contributed by atoms with E-state index in [1.165, 1.54) is 122 Å². The molecule has 2 nitrogen and oxygen atoms in total. The Kier molecular flexibility index (Phi) is 26.1. The summed E-state index contributed by atoms with van der Waals surface area (Å²) >= 11 is 0. The van der Waals surface area contributed by atoms with E-state index in [0.717, 1.165) is 38.5 Å². The summed E-state index contributed by atoms with van der Waals surface area (Å²) in [6.07, 6.45) is 31.5. The molecule has 0 saturated carbocycles. The van der Waals surface area contributed by atoms with Crippen LogP contribution < -0.4 is 0 Å². The SMILES string of the molecule is CCCCCCCCCCCCCCCCCCCC(O)CCC(O)CCCCCC. The standard InChI is InChI=1S/C29H60O2/c1-3-5-7-9-10-11-12-13-14-15-16-17-18-19-20-21-23-25-29(31)27-26-28(30)24-22-8-6-4-2/h28-31H,3-27H2,1-2H3. The zero-order chi connectivity index (χ0) is 22.8. The lowest BCUT2D eigenvalue weighted by atomic mass is 10.00. The molecule has 0 aliphatic rings. The molecule has 0 heterocycles. The summed E-state index contributed by atoms with van der Waals surface area (Å²) < 4.78 is 0. The van der Waals surface area contributed by atoms with E-state index in [9.17, 15) is 10.2 Å². The monoisotopic (exact) mass is 440 g/mol. The van der Waals surface area contributed by atoms with Gasteiger partial charge in [-0.25, -0.2) is 0 Å². The quantitative estimate of drug-likeness (QED) is 0.131. The van der Waals surface area contributed by atoms with Gasteiger partial charge in [0.1, 0.15) is 0 Å². The van der Waals surface area contributed by atoms with E-state index in [1.807, 2.05) is 0 Å². The lowest BCUT2D eigenvalue weighted by Gasteiger charge is -2.14. The van der Waals surface area contributed by atoms with E-state index >= 15 is 0 Å². The van der Waals surface area contributed by atoms with Gasteiger partial charge in [-0.15, -0.1) is 0 Å². The van der Waals surface area contributed by atoms with Crippen LogP contribution in [-0.4, -0.2) is 22.4 Å². The number of aliphatic hydroxyl groups excluding tert-OH is 2. The van der Waals surface area contributed by atoms with Crippen molar-refractivity contribution in [2.45, 2.75) is 187 Å². The van der Waals surface area contributed by atoms with E-state index in [0.29, 0.717) is 0 Å². The number of rotatable bonds is 26. The second-order valence-electron chi connectivity index (χ2n) is 10.2. The lowest BCUT2D eigenvalue weighted by molar-refractivity contribution is 0.101. The van der Waals surface area contributed by atoms with Crippen LogP contribution in [0.1, 0.15) is 174 Å². The van der Waals surface area contributed by atoms with Gasteiger partial charge in [0, 0.05) is 0 Å². The molecule has 0 spiro atoms. The normalized spacial score (nSPS) is 13.5. The highest BCUT2D eigenvalue weighted by molar-refractivity contribution is 4.62. The number of hydrogen-bond acceptors (Lipinski definition) is 2. The van der Waals surface area contributed by atoms with Crippen molar-refractivity contribution < 1.29 is 10.2 Å². The first kappa shape index (κ1) is 30.9. The third-order valence-electron chi connectivity index (χ3n) is 6.86. The first-order valence-electron chi connectivity index (χ1n) is 14.6. The fourth-order valence-corrected chi connectivity index (χ4v) is 4.59. The molecule has 2 heteroatoms. The molecule has 0 aliphatic carbocycles. The predicted octanol–water partition coefficient (Wildman–Crippen LogP) is 9.50. The van der Waals surface area contributed by atoms with Crippen LogP contribution in [0.4, 0.5) is 0 Å². The molecular weight excluding hydrogens is 380 g/mol. The first-order chi connectivity index (χ1) is 15.2. The van der Waals surface area contributed by atoms with Crippen molar-refractivity contribution in [2.75, 3.05) is 0 Å². The van der Waals surface area contributed by atoms with Gasteiger partial charge in [-0.3, -0.25) is 0 Å². The molecule has 0 fully saturated rings. The summed E-state index contributed by atoms with van der Waals surface area (Å²) in [6.45, 7) is 4.50. The highest BCUT2D eigenvalue weighted by Gasteiger charge is 2.09. The van der Waals surface area contributed by atoms with Gasteiger partial charge in [0.25, 0.3) is 0 Å². The fraction of sp³-hybridized carbons (Fsp3) is 1.00. The van der Waals surface area contributed by atoms with Crippen LogP contribution in [0, 0.1) is 0 Å². The smallest absolute Gasteiger partial charge is 0.0541 e. The molecule has 0 amide bonds. The van der Waals surface area contributed by atoms with Gasteiger partial charge in [0.15, 0.2) is 0 Å². The van der Waals surface area contributed by atoms with Crippen LogP contribution in [0.3, 0.4) is 0 Å². The molecule has 31 heavy (non-hydrogen) atoms. The summed E-state index contributed by atoms with van der Waals surface area (Å²) in [7, 11) is 0. The fourth-order valence-electron chi connectivity index (χ4n) is 4.59. The number of aliphatic hydroxyl groups is 2. The van der Waals surface area contributed by atoms with Gasteiger partial charge in [-0.05, 0) is 25.7 Å². The third-order valence-corrected chi connectivity index (χ3v) is 6.86. The Hall–Kier alpha value is -0.0800. The van der Waals surface area contributed by atoms with Crippen LogP contribution in [0.2, 0.25) is 0 Å². The van der Waals surface area contributed by atoms with Gasteiger partial charge in [-0.1, -0.05) is 149 Å². The molecule has 0 aromatic rings. The topological polar surface area (TPSA) is 40.5 Å². The summed E-state index contributed by atoms with van der Waals surface area (Å²) in [6, 6.07) is 0. The molecule has 0 aromatic carbocycles. The number of hydrogen-bond donors (Lipinski definition) is 2. The van der Waals surface area contributed by atoms with Crippen molar-refractivity contribution in [1.29, 1.82) is 0 Å². The minimum atomic E-state index is -0.207. The molecule has 0 radical (unpaired) electrons. The highest BCUT2D eigenvalue weighted by Crippen LogP contribution is 2.16. The molecule has 2 unspecified atom stereocenters. The maximum absolute atomic E-state index is 10.1. The van der Waals surface area contributed by atoms with Crippen LogP contribution in [0.25, 0.3) is 0 Å². The number of unbranched alkanes of at least 4 members (excludes halogenated alkanes) is 19. The van der Waals surface area contributed by atoms with Crippen LogP contribution >= 0.6 is 0 Å². The molecule has 0 saturated heterocycles. The summed E-state index contributed by atoms with van der Waals surface area (Å²) in [4.78, 5) is 0. The van der Waals surface area contributed by atoms with Crippen LogP contribution in [0.5, 0.6) is 0 Å². The van der Waals surface area contributed by atoms with Gasteiger partial charge in [0.2, 0.25) is 0 Å². The van der Waals surface area contributed by atoms with E-state index in [1.54, 1.807) is 0 Å². The maximum Gasteiger partial charge on any atom is 0.0541 e. The van der Waals surface area contributed by atoms with Gasteiger partial charge in [0.05, 0.1) is 12.2 Å². The molecule has 188 valence electrons. The van der Waals surface area contributed by atoms with Crippen molar-refractivity contribution in [3.8, 4) is 0 Å². The van der Waals surface area contributed by atoms with Crippen molar-refractivity contribution in [1.82, 2.24) is 0 Å². The second kappa shape index (κ2) is 26.2. The molecule has 2 atom stereocenters. The van der Waals surface area contributed by atoms with Crippen molar-refractivity contribution in [3.05, 3.63) is 0 Å². The Morgan fingerprint density at radius 2 is 0.548 bits per heavy atom. The minimum Gasteiger partial charge on any atom is -0.393 e. The molecular formula is C29H60O2. The van der Waals surface area contributed by atoms with Crippen LogP contribution in [-0.2, 0) is 0 Å². The summed E-state index contributed by atoms with van der Waals surface area (Å²) in [5, 5.41) is 20.1. The Labute approximate surface area is 197 Å². The van der Waals surface area contributed by atoms with Gasteiger partial charge < -0.3 is 10.2 Å². The first-order valence-corrected chi connectivity index (χ1v) is 14.6. The molecule has 0 bridgehead atoms. The van der Waals surface area contributed by atoms with E-state index < -0.39 is 0 Å². The zero-order valence-electron chi connectivity index (χ0n) is 21.7. The third kappa shape index (κ3) is 26.1. The summed E-state index contributed by atoms with van der Waals surface area (Å²) in [5.41, 5.74) is 0. The van der Waals surface area contributed by atoms with Gasteiger partial charge in [-0.2, -0.15) is 0 Å². The average molecular weight is 441 g/mol. The van der Waals surface area contributed by atoms with Gasteiger partial charge >= 0.3 is 0 Å². The Bertz CT molecular complexity index is 318. The molecule has 0 aromatic heterocycles. The largest absolute Gasteiger partial charge is 0.393 e. The predicted molar refractivity (Wildman–Crippen MR) is 139 cm³/mol. The molecule has 0 rings (SSSR count). The highest BCUT2D eigenvalue weighted by atomic mass is 16.3. The average Bonchev–Trinajstić information content (AvgIpc) is 2.77. The van der Waals surface area contributed by atoms with E-state index in [4.69, 9.17) is 0 Å². The van der Waals surface area contributed by atoms with Crippen molar-refractivity contribution in [3.63, 3.8) is 0 Å². The zero-order valence-corrected chi connectivity index (χ0v) is 21.7. The lowest BCUT2D eigenvalue weighted by Crippen LogP contribution is -2.13. The Morgan fingerprint density at radius 1 is 0.323 bits per heavy atom. The maximum atomic E-state index is 10.1. The Morgan fingerprint density at radius 3 is 0.839 bits per heavy atom. The minimum absolute atomic E-state index is 0.206.